The molecule has 0 saturated heterocycles. The summed E-state index contributed by atoms with van der Waals surface area (Å²) in [5, 5.41) is 10.6. The Bertz CT molecular complexity index is 1840. The van der Waals surface area contributed by atoms with Crippen LogP contribution < -0.4 is 0 Å². The van der Waals surface area contributed by atoms with Crippen molar-refractivity contribution in [1.29, 1.82) is 0 Å². The van der Waals surface area contributed by atoms with Crippen LogP contribution in [0.4, 0.5) is 0 Å². The van der Waals surface area contributed by atoms with Crippen LogP contribution in [0.1, 0.15) is 370 Å². The maximum Gasteiger partial charge on any atom is 0.472 e. The average Bonchev–Trinajstić information content (AvgIpc) is 2.97. The highest BCUT2D eigenvalue weighted by molar-refractivity contribution is 7.47. The van der Waals surface area contributed by atoms with Gasteiger partial charge in [0.05, 0.1) is 26.4 Å². The van der Waals surface area contributed by atoms with Crippen LogP contribution in [-0.2, 0) is 65.4 Å². The largest absolute Gasteiger partial charge is 0.472 e. The first-order valence-electron chi connectivity index (χ1n) is 38.2. The first-order valence-corrected chi connectivity index (χ1v) is 41.2. The zero-order valence-electron chi connectivity index (χ0n) is 60.9. The molecule has 19 heteroatoms. The molecule has 0 aliphatic carbocycles. The highest BCUT2D eigenvalue weighted by Gasteiger charge is 2.30. The predicted octanol–water partition coefficient (Wildman–Crippen LogP) is 21.3. The molecular formula is C74H144O17P2. The van der Waals surface area contributed by atoms with Crippen LogP contribution in [0.2, 0.25) is 0 Å². The normalized spacial score (nSPS) is 14.5. The molecule has 6 atom stereocenters. The van der Waals surface area contributed by atoms with E-state index in [0.29, 0.717) is 31.6 Å². The second-order valence-corrected chi connectivity index (χ2v) is 31.3. The van der Waals surface area contributed by atoms with Crippen molar-refractivity contribution in [2.24, 2.45) is 23.7 Å². The second kappa shape index (κ2) is 63.5. The van der Waals surface area contributed by atoms with Gasteiger partial charge in [0.25, 0.3) is 0 Å². The van der Waals surface area contributed by atoms with Gasteiger partial charge in [0.15, 0.2) is 12.2 Å². The van der Waals surface area contributed by atoms with E-state index in [4.69, 9.17) is 37.0 Å². The number of aliphatic hydroxyl groups is 1. The Balaban J connectivity index is 5.18. The van der Waals surface area contributed by atoms with Crippen molar-refractivity contribution in [2.45, 2.75) is 388 Å². The number of unbranched alkanes of at least 4 members (excludes halogenated alkanes) is 36. The zero-order valence-corrected chi connectivity index (χ0v) is 62.7. The number of phosphoric ester groups is 2. The Morgan fingerprint density at radius 1 is 0.301 bits per heavy atom. The topological polar surface area (TPSA) is 237 Å². The first kappa shape index (κ1) is 91.1. The molecule has 552 valence electrons. The maximum absolute atomic E-state index is 13.0. The summed E-state index contributed by atoms with van der Waals surface area (Å²) in [5.41, 5.74) is 0. The van der Waals surface area contributed by atoms with Gasteiger partial charge in [0, 0.05) is 25.7 Å². The van der Waals surface area contributed by atoms with E-state index in [0.717, 1.165) is 114 Å². The molecule has 0 amide bonds. The molecule has 0 saturated carbocycles. The van der Waals surface area contributed by atoms with Crippen LogP contribution in [0.25, 0.3) is 0 Å². The molecule has 17 nitrogen and oxygen atoms in total. The average molecular weight is 1370 g/mol. The Labute approximate surface area is 568 Å². The van der Waals surface area contributed by atoms with Crippen LogP contribution in [-0.4, -0.2) is 96.7 Å². The van der Waals surface area contributed by atoms with Crippen molar-refractivity contribution in [3.05, 3.63) is 0 Å². The molecule has 0 aromatic carbocycles. The number of esters is 4. The molecule has 0 aromatic rings. The highest BCUT2D eigenvalue weighted by Crippen LogP contribution is 2.45. The quantitative estimate of drug-likeness (QED) is 0.0222. The number of hydrogen-bond acceptors (Lipinski definition) is 15. The van der Waals surface area contributed by atoms with Gasteiger partial charge in [-0.25, -0.2) is 9.13 Å². The lowest BCUT2D eigenvalue weighted by molar-refractivity contribution is -0.161. The van der Waals surface area contributed by atoms with E-state index >= 15 is 0 Å². The van der Waals surface area contributed by atoms with Gasteiger partial charge in [-0.3, -0.25) is 37.3 Å². The standard InChI is InChI=1S/C74H144O17P2/c1-9-67(8)53-45-37-31-33-39-47-55-72(77)85-61-69(90-73(78)56-48-40-29-25-21-15-13-11-10-12-14-18-22-26-34-42-50-64(2)3)62-88-92(80,81)86-58-68(75)59-87-93(82,83)89-63-70(91-74(79)57-49-41-32-30-36-44-52-66(6)7)60-84-71(76)54-46-38-28-24-20-17-16-19-23-27-35-43-51-65(4)5/h64-70,75H,9-63H2,1-8H3,(H,80,81)(H,82,83)/t67?,68-,69+,70+/m0/s1. The van der Waals surface area contributed by atoms with E-state index in [1.807, 2.05) is 0 Å². The van der Waals surface area contributed by atoms with Gasteiger partial charge in [-0.15, -0.1) is 0 Å². The summed E-state index contributed by atoms with van der Waals surface area (Å²) in [4.78, 5) is 72.6. The fourth-order valence-electron chi connectivity index (χ4n) is 11.2. The van der Waals surface area contributed by atoms with Crippen LogP contribution in [0.3, 0.4) is 0 Å². The predicted molar refractivity (Wildman–Crippen MR) is 377 cm³/mol. The van der Waals surface area contributed by atoms with Gasteiger partial charge in [0.2, 0.25) is 0 Å². The minimum atomic E-state index is -4.95. The van der Waals surface area contributed by atoms with Gasteiger partial charge < -0.3 is 33.8 Å². The zero-order chi connectivity index (χ0) is 68.9. The third-order valence-corrected chi connectivity index (χ3v) is 19.3. The molecule has 93 heavy (non-hydrogen) atoms. The molecule has 3 unspecified atom stereocenters. The van der Waals surface area contributed by atoms with Crippen molar-refractivity contribution in [3.8, 4) is 0 Å². The van der Waals surface area contributed by atoms with Crippen molar-refractivity contribution >= 4 is 39.5 Å². The molecular weight excluding hydrogens is 1220 g/mol. The molecule has 0 bridgehead atoms. The Kier molecular flexibility index (Phi) is 62.2. The molecule has 0 aliphatic rings. The van der Waals surface area contributed by atoms with Crippen molar-refractivity contribution in [1.82, 2.24) is 0 Å². The summed E-state index contributed by atoms with van der Waals surface area (Å²) in [6.45, 7) is 14.1. The monoisotopic (exact) mass is 1370 g/mol. The fourth-order valence-corrected chi connectivity index (χ4v) is 12.7. The second-order valence-electron chi connectivity index (χ2n) is 28.4. The smallest absolute Gasteiger partial charge is 0.462 e. The molecule has 0 radical (unpaired) electrons. The van der Waals surface area contributed by atoms with Gasteiger partial charge in [0.1, 0.15) is 19.3 Å². The van der Waals surface area contributed by atoms with E-state index < -0.39 is 97.5 Å². The highest BCUT2D eigenvalue weighted by atomic mass is 31.2. The lowest BCUT2D eigenvalue weighted by Crippen LogP contribution is -2.30. The van der Waals surface area contributed by atoms with Crippen LogP contribution in [0, 0.1) is 23.7 Å². The van der Waals surface area contributed by atoms with Crippen LogP contribution in [0.15, 0.2) is 0 Å². The number of carbonyl (C=O) groups is 4. The van der Waals surface area contributed by atoms with Gasteiger partial charge in [-0.1, -0.05) is 319 Å². The summed E-state index contributed by atoms with van der Waals surface area (Å²) in [5.74, 6) is 0.862. The van der Waals surface area contributed by atoms with Gasteiger partial charge in [-0.2, -0.15) is 0 Å². The minimum Gasteiger partial charge on any atom is -0.462 e. The number of phosphoric acid groups is 2. The van der Waals surface area contributed by atoms with Crippen molar-refractivity contribution in [3.63, 3.8) is 0 Å². The number of rotatable bonds is 71. The van der Waals surface area contributed by atoms with E-state index in [1.54, 1.807) is 0 Å². The number of hydrogen-bond donors (Lipinski definition) is 3. The Morgan fingerprint density at radius 2 is 0.516 bits per heavy atom. The number of ether oxygens (including phenoxy) is 4. The molecule has 0 heterocycles. The molecule has 0 fully saturated rings. The van der Waals surface area contributed by atoms with Crippen molar-refractivity contribution < 1.29 is 80.2 Å². The SMILES string of the molecule is CCC(C)CCCCCCCCC(=O)OC[C@H](COP(=O)(O)OC[C@H](O)COP(=O)(O)OC[C@@H](COC(=O)CCCCCCCCCCCCCCC(C)C)OC(=O)CCCCCCCCC(C)C)OC(=O)CCCCCCCCCCCCCCCCCCC(C)C. The number of carbonyl (C=O) groups excluding carboxylic acids is 4. The Morgan fingerprint density at radius 3 is 0.763 bits per heavy atom. The van der Waals surface area contributed by atoms with E-state index in [2.05, 4.69) is 55.4 Å². The fraction of sp³-hybridized carbons (Fsp3) is 0.946. The summed E-state index contributed by atoms with van der Waals surface area (Å²) < 4.78 is 68.4. The van der Waals surface area contributed by atoms with Crippen LogP contribution >= 0.6 is 15.6 Å². The van der Waals surface area contributed by atoms with Gasteiger partial charge >= 0.3 is 39.5 Å². The summed E-state index contributed by atoms with van der Waals surface area (Å²) in [7, 11) is -9.91. The summed E-state index contributed by atoms with van der Waals surface area (Å²) >= 11 is 0. The maximum atomic E-state index is 13.0. The molecule has 0 aliphatic heterocycles. The van der Waals surface area contributed by atoms with E-state index in [-0.39, 0.29) is 25.7 Å². The lowest BCUT2D eigenvalue weighted by Gasteiger charge is -2.21. The molecule has 3 N–H and O–H groups in total. The lowest BCUT2D eigenvalue weighted by atomic mass is 10.00. The van der Waals surface area contributed by atoms with Gasteiger partial charge in [-0.05, 0) is 49.4 Å². The third kappa shape index (κ3) is 67.0. The van der Waals surface area contributed by atoms with Crippen LogP contribution in [0.5, 0.6) is 0 Å². The summed E-state index contributed by atoms with van der Waals surface area (Å²) in [6.07, 6.45) is 47.5. The van der Waals surface area contributed by atoms with E-state index in [1.165, 1.54) is 167 Å². The minimum absolute atomic E-state index is 0.102. The third-order valence-electron chi connectivity index (χ3n) is 17.4. The van der Waals surface area contributed by atoms with E-state index in [9.17, 15) is 43.2 Å². The molecule has 0 aromatic heterocycles. The number of aliphatic hydroxyl groups excluding tert-OH is 1. The first-order chi connectivity index (χ1) is 44.6. The van der Waals surface area contributed by atoms with Crippen molar-refractivity contribution in [2.75, 3.05) is 39.6 Å². The molecule has 0 rings (SSSR count). The molecule has 0 spiro atoms. The Hall–Kier alpha value is -1.94. The summed E-state index contributed by atoms with van der Waals surface area (Å²) in [6, 6.07) is 0.